The largest absolute Gasteiger partial charge is 0.399 e. The number of hydrogen-bond acceptors (Lipinski definition) is 3. The molecule has 1 heterocycles. The third-order valence-electron chi connectivity index (χ3n) is 3.50. The summed E-state index contributed by atoms with van der Waals surface area (Å²) in [6, 6.07) is 5.47. The molecule has 0 spiro atoms. The molecule has 0 saturated carbocycles. The quantitative estimate of drug-likeness (QED) is 0.826. The van der Waals surface area contributed by atoms with Crippen LogP contribution in [0.4, 0.5) is 11.4 Å². The topological polar surface area (TPSA) is 66.6 Å². The van der Waals surface area contributed by atoms with Gasteiger partial charge in [0.2, 0.25) is 11.8 Å². The molecule has 0 fully saturated rings. The lowest BCUT2D eigenvalue weighted by Gasteiger charge is -2.25. The normalized spacial score (nSPS) is 13.9. The maximum atomic E-state index is 12.1. The van der Waals surface area contributed by atoms with E-state index in [2.05, 4.69) is 0 Å². The molecule has 0 saturated heterocycles. The zero-order valence-corrected chi connectivity index (χ0v) is 11.5. The smallest absolute Gasteiger partial charge is 0.242 e. The number of carbonyl (C=O) groups excluding carboxylic acids is 2. The fourth-order valence-corrected chi connectivity index (χ4v) is 2.11. The van der Waals surface area contributed by atoms with Crippen LogP contribution in [0.5, 0.6) is 0 Å². The van der Waals surface area contributed by atoms with E-state index in [-0.39, 0.29) is 24.4 Å². The number of anilines is 2. The molecule has 1 aromatic carbocycles. The molecular formula is C14H19N3O2. The number of likely N-dealkylation sites (N-methyl/N-ethyl adjacent to an activating group) is 1. The van der Waals surface area contributed by atoms with Gasteiger partial charge in [-0.15, -0.1) is 0 Å². The van der Waals surface area contributed by atoms with Crippen molar-refractivity contribution < 1.29 is 9.59 Å². The summed E-state index contributed by atoms with van der Waals surface area (Å²) in [5.41, 5.74) is 8.03. The van der Waals surface area contributed by atoms with Gasteiger partial charge in [0.1, 0.15) is 6.54 Å². The van der Waals surface area contributed by atoms with Gasteiger partial charge in [0.15, 0.2) is 0 Å². The highest BCUT2D eigenvalue weighted by Crippen LogP contribution is 2.30. The van der Waals surface area contributed by atoms with Crippen molar-refractivity contribution in [2.75, 3.05) is 24.2 Å². The highest BCUT2D eigenvalue weighted by Gasteiger charge is 2.29. The predicted octanol–water partition coefficient (Wildman–Crippen LogP) is 1.02. The number of benzene rings is 1. The second-order valence-electron chi connectivity index (χ2n) is 5.14. The van der Waals surface area contributed by atoms with Gasteiger partial charge >= 0.3 is 0 Å². The van der Waals surface area contributed by atoms with Crippen molar-refractivity contribution in [3.8, 4) is 0 Å². The summed E-state index contributed by atoms with van der Waals surface area (Å²) in [7, 11) is 1.75. The molecule has 1 aliphatic rings. The maximum absolute atomic E-state index is 12.1. The van der Waals surface area contributed by atoms with E-state index in [1.165, 1.54) is 4.90 Å². The Bertz CT molecular complexity index is 525. The zero-order valence-electron chi connectivity index (χ0n) is 11.5. The van der Waals surface area contributed by atoms with Gasteiger partial charge in [0.25, 0.3) is 0 Å². The highest BCUT2D eigenvalue weighted by atomic mass is 16.2. The number of amides is 2. The zero-order chi connectivity index (χ0) is 14.2. The number of fused-ring (bicyclic) bond motifs is 1. The molecule has 5 nitrogen and oxygen atoms in total. The number of nitrogen functional groups attached to an aromatic ring is 1. The minimum atomic E-state index is -0.0620. The number of nitrogens with two attached hydrogens (primary N) is 1. The fraction of sp³-hybridized carbons (Fsp3) is 0.429. The molecule has 102 valence electrons. The number of rotatable bonds is 3. The lowest BCUT2D eigenvalue weighted by atomic mass is 10.1. The second kappa shape index (κ2) is 4.91. The van der Waals surface area contributed by atoms with Gasteiger partial charge in [-0.1, -0.05) is 0 Å². The van der Waals surface area contributed by atoms with Crippen molar-refractivity contribution >= 4 is 23.2 Å². The van der Waals surface area contributed by atoms with Crippen LogP contribution in [0.15, 0.2) is 18.2 Å². The minimum absolute atomic E-state index is 0.0499. The molecule has 0 radical (unpaired) electrons. The Morgan fingerprint density at radius 3 is 2.79 bits per heavy atom. The van der Waals surface area contributed by atoms with E-state index >= 15 is 0 Å². The first-order valence-corrected chi connectivity index (χ1v) is 6.34. The Labute approximate surface area is 113 Å². The van der Waals surface area contributed by atoms with Gasteiger partial charge in [-0.2, -0.15) is 0 Å². The molecular weight excluding hydrogens is 242 g/mol. The number of carbonyl (C=O) groups is 2. The first-order valence-electron chi connectivity index (χ1n) is 6.34. The minimum Gasteiger partial charge on any atom is -0.399 e. The summed E-state index contributed by atoms with van der Waals surface area (Å²) in [6.45, 7) is 3.97. The van der Waals surface area contributed by atoms with Crippen molar-refractivity contribution in [2.24, 2.45) is 0 Å². The van der Waals surface area contributed by atoms with Crippen LogP contribution in [0.25, 0.3) is 0 Å². The van der Waals surface area contributed by atoms with Crippen LogP contribution in [0.2, 0.25) is 0 Å². The molecule has 1 aromatic rings. The summed E-state index contributed by atoms with van der Waals surface area (Å²) in [4.78, 5) is 27.2. The average Bonchev–Trinajstić information content (AvgIpc) is 2.63. The van der Waals surface area contributed by atoms with Crippen LogP contribution in [-0.4, -0.2) is 36.3 Å². The van der Waals surface area contributed by atoms with E-state index in [1.54, 1.807) is 30.1 Å². The lowest BCUT2D eigenvalue weighted by molar-refractivity contribution is -0.131. The van der Waals surface area contributed by atoms with Gasteiger partial charge in [-0.05, 0) is 37.6 Å². The van der Waals surface area contributed by atoms with E-state index in [9.17, 15) is 9.59 Å². The van der Waals surface area contributed by atoms with Crippen LogP contribution in [0.1, 0.15) is 19.4 Å². The van der Waals surface area contributed by atoms with Crippen LogP contribution < -0.4 is 10.6 Å². The van der Waals surface area contributed by atoms with E-state index in [0.717, 1.165) is 11.3 Å². The Morgan fingerprint density at radius 2 is 2.16 bits per heavy atom. The first kappa shape index (κ1) is 13.4. The standard InChI is InChI=1S/C14H19N3O2/c1-9(2)16(3)14(19)8-17-12-5-4-11(15)6-10(12)7-13(17)18/h4-6,9H,7-8,15H2,1-3H3. The molecule has 0 aliphatic carbocycles. The Kier molecular flexibility index (Phi) is 3.46. The Hall–Kier alpha value is -2.04. The molecule has 2 rings (SSSR count). The van der Waals surface area contributed by atoms with Gasteiger partial charge < -0.3 is 15.5 Å². The van der Waals surface area contributed by atoms with Crippen molar-refractivity contribution in [2.45, 2.75) is 26.3 Å². The van der Waals surface area contributed by atoms with Crippen LogP contribution in [0, 0.1) is 0 Å². The molecule has 0 atom stereocenters. The third-order valence-corrected chi connectivity index (χ3v) is 3.50. The van der Waals surface area contributed by atoms with Crippen molar-refractivity contribution in [1.29, 1.82) is 0 Å². The summed E-state index contributed by atoms with van der Waals surface area (Å²) in [5.74, 6) is -0.112. The number of nitrogens with zero attached hydrogens (tertiary/aromatic N) is 2. The van der Waals surface area contributed by atoms with E-state index in [1.807, 2.05) is 13.8 Å². The van der Waals surface area contributed by atoms with Crippen LogP contribution >= 0.6 is 0 Å². The van der Waals surface area contributed by atoms with Crippen LogP contribution in [-0.2, 0) is 16.0 Å². The predicted molar refractivity (Wildman–Crippen MR) is 74.8 cm³/mol. The molecule has 0 unspecified atom stereocenters. The average molecular weight is 261 g/mol. The monoisotopic (exact) mass is 261 g/mol. The molecule has 2 N–H and O–H groups in total. The molecule has 0 bridgehead atoms. The lowest BCUT2D eigenvalue weighted by Crippen LogP contribution is -2.42. The van der Waals surface area contributed by atoms with Crippen molar-refractivity contribution in [3.63, 3.8) is 0 Å². The SMILES string of the molecule is CC(C)N(C)C(=O)CN1C(=O)Cc2cc(N)ccc21. The summed E-state index contributed by atoms with van der Waals surface area (Å²) < 4.78 is 0. The third kappa shape index (κ3) is 2.54. The Morgan fingerprint density at radius 1 is 1.47 bits per heavy atom. The van der Waals surface area contributed by atoms with Gasteiger partial charge in [0.05, 0.1) is 6.42 Å². The first-order chi connectivity index (χ1) is 8.90. The summed E-state index contributed by atoms with van der Waals surface area (Å²) in [6.07, 6.45) is 0.318. The number of hydrogen-bond donors (Lipinski definition) is 1. The van der Waals surface area contributed by atoms with Crippen molar-refractivity contribution in [1.82, 2.24) is 4.90 Å². The van der Waals surface area contributed by atoms with Crippen molar-refractivity contribution in [3.05, 3.63) is 23.8 Å². The summed E-state index contributed by atoms with van der Waals surface area (Å²) in [5, 5.41) is 0. The highest BCUT2D eigenvalue weighted by molar-refractivity contribution is 6.05. The molecule has 1 aliphatic heterocycles. The van der Waals surface area contributed by atoms with Gasteiger partial charge in [-0.3, -0.25) is 9.59 Å². The molecule has 19 heavy (non-hydrogen) atoms. The fourth-order valence-electron chi connectivity index (χ4n) is 2.11. The molecule has 0 aromatic heterocycles. The van der Waals surface area contributed by atoms with E-state index in [0.29, 0.717) is 12.1 Å². The van der Waals surface area contributed by atoms with E-state index in [4.69, 9.17) is 5.73 Å². The van der Waals surface area contributed by atoms with Gasteiger partial charge in [0, 0.05) is 24.5 Å². The molecule has 5 heteroatoms. The van der Waals surface area contributed by atoms with Gasteiger partial charge in [-0.25, -0.2) is 0 Å². The summed E-state index contributed by atoms with van der Waals surface area (Å²) >= 11 is 0. The molecule has 2 amide bonds. The maximum Gasteiger partial charge on any atom is 0.242 e. The van der Waals surface area contributed by atoms with Crippen LogP contribution in [0.3, 0.4) is 0 Å². The Balaban J connectivity index is 2.19. The van der Waals surface area contributed by atoms with E-state index < -0.39 is 0 Å². The second-order valence-corrected chi connectivity index (χ2v) is 5.14.